The number of aromatic nitrogens is 1. The van der Waals surface area contributed by atoms with Crippen molar-refractivity contribution in [2.45, 2.75) is 13.3 Å². The molecule has 0 bridgehead atoms. The van der Waals surface area contributed by atoms with E-state index in [0.29, 0.717) is 17.9 Å². The molecule has 158 valence electrons. The van der Waals surface area contributed by atoms with E-state index in [9.17, 15) is 14.4 Å². The predicted octanol–water partition coefficient (Wildman–Crippen LogP) is 4.00. The van der Waals surface area contributed by atoms with Crippen LogP contribution in [0.4, 0.5) is 5.69 Å². The number of carbonyl (C=O) groups excluding carboxylic acids is 3. The van der Waals surface area contributed by atoms with Crippen LogP contribution in [-0.4, -0.2) is 36.0 Å². The van der Waals surface area contributed by atoms with Gasteiger partial charge in [0.1, 0.15) is 0 Å². The molecule has 2 aromatic carbocycles. The quantitative estimate of drug-likeness (QED) is 0.439. The summed E-state index contributed by atoms with van der Waals surface area (Å²) in [6.07, 6.45) is 5.29. The van der Waals surface area contributed by atoms with Crippen LogP contribution in [0.3, 0.4) is 0 Å². The van der Waals surface area contributed by atoms with Crippen LogP contribution in [0.15, 0.2) is 66.9 Å². The number of esters is 2. The Labute approximate surface area is 179 Å². The minimum absolute atomic E-state index is 0.355. The zero-order valence-corrected chi connectivity index (χ0v) is 17.0. The van der Waals surface area contributed by atoms with Gasteiger partial charge < -0.3 is 14.8 Å². The summed E-state index contributed by atoms with van der Waals surface area (Å²) in [5, 5.41) is 3.56. The van der Waals surface area contributed by atoms with Crippen LogP contribution in [-0.2, 0) is 19.1 Å². The third-order valence-electron chi connectivity index (χ3n) is 4.25. The lowest BCUT2D eigenvalue weighted by Crippen LogP contribution is -2.20. The van der Waals surface area contributed by atoms with Crippen LogP contribution in [0.1, 0.15) is 29.3 Å². The van der Waals surface area contributed by atoms with Gasteiger partial charge in [0.15, 0.2) is 6.61 Å². The van der Waals surface area contributed by atoms with Crippen LogP contribution in [0.5, 0.6) is 0 Å². The molecule has 3 aromatic rings. The van der Waals surface area contributed by atoms with E-state index in [4.69, 9.17) is 9.47 Å². The monoisotopic (exact) mass is 418 g/mol. The minimum Gasteiger partial charge on any atom is -0.462 e. The summed E-state index contributed by atoms with van der Waals surface area (Å²) < 4.78 is 10.0. The molecule has 0 atom stereocenters. The highest BCUT2D eigenvalue weighted by Crippen LogP contribution is 2.17. The predicted molar refractivity (Wildman–Crippen MR) is 117 cm³/mol. The first-order valence-electron chi connectivity index (χ1n) is 9.82. The van der Waals surface area contributed by atoms with Gasteiger partial charge >= 0.3 is 11.9 Å². The lowest BCUT2D eigenvalue weighted by molar-refractivity contribution is -0.142. The molecule has 1 heterocycles. The summed E-state index contributed by atoms with van der Waals surface area (Å²) >= 11 is 0. The number of rotatable bonds is 8. The molecule has 31 heavy (non-hydrogen) atoms. The number of nitrogens with one attached hydrogen (secondary N) is 1. The molecule has 1 aromatic heterocycles. The number of nitrogens with zero attached hydrogens (tertiary/aromatic N) is 1. The summed E-state index contributed by atoms with van der Waals surface area (Å²) in [5.74, 6) is -1.55. The molecule has 0 fully saturated rings. The summed E-state index contributed by atoms with van der Waals surface area (Å²) in [6.45, 7) is 1.83. The normalized spacial score (nSPS) is 10.7. The standard InChI is InChI=1S/C24H22N2O5/c1-2-15-30-24(29)19-8-11-20(12-9-19)26-21(27)16-31-22(28)13-10-18-6-3-5-17-7-4-14-25-23(17)18/h3-14H,2,15-16H2,1H3,(H,26,27)/b13-10+. The molecule has 0 aliphatic heterocycles. The van der Waals surface area contributed by atoms with Gasteiger partial charge in [0.25, 0.3) is 5.91 Å². The molecule has 0 radical (unpaired) electrons. The van der Waals surface area contributed by atoms with Crippen molar-refractivity contribution in [3.63, 3.8) is 0 Å². The number of hydrogen-bond donors (Lipinski definition) is 1. The molecule has 0 aliphatic rings. The molecule has 3 rings (SSSR count). The van der Waals surface area contributed by atoms with Crippen molar-refractivity contribution in [3.8, 4) is 0 Å². The largest absolute Gasteiger partial charge is 0.462 e. The summed E-state index contributed by atoms with van der Waals surface area (Å²) in [5.41, 5.74) is 2.42. The first-order chi connectivity index (χ1) is 15.1. The Kier molecular flexibility index (Phi) is 7.48. The highest BCUT2D eigenvalue weighted by Gasteiger charge is 2.09. The highest BCUT2D eigenvalue weighted by molar-refractivity contribution is 5.96. The molecular formula is C24H22N2O5. The van der Waals surface area contributed by atoms with Crippen LogP contribution >= 0.6 is 0 Å². The molecule has 1 N–H and O–H groups in total. The number of benzene rings is 2. The maximum Gasteiger partial charge on any atom is 0.338 e. The SMILES string of the molecule is CCCOC(=O)c1ccc(NC(=O)COC(=O)/C=C/c2cccc3cccnc23)cc1. The lowest BCUT2D eigenvalue weighted by atomic mass is 10.1. The first-order valence-corrected chi connectivity index (χ1v) is 9.82. The number of pyridine rings is 1. The van der Waals surface area contributed by atoms with E-state index in [1.165, 1.54) is 6.08 Å². The molecule has 1 amide bonds. The fourth-order valence-electron chi connectivity index (χ4n) is 2.77. The number of anilines is 1. The third kappa shape index (κ3) is 6.24. The average molecular weight is 418 g/mol. The molecule has 0 aliphatic carbocycles. The van der Waals surface area contributed by atoms with Crippen molar-refractivity contribution in [2.75, 3.05) is 18.5 Å². The van der Waals surface area contributed by atoms with Gasteiger partial charge in [-0.15, -0.1) is 0 Å². The lowest BCUT2D eigenvalue weighted by Gasteiger charge is -2.07. The number of carbonyl (C=O) groups is 3. The number of hydrogen-bond acceptors (Lipinski definition) is 6. The topological polar surface area (TPSA) is 94.6 Å². The van der Waals surface area contributed by atoms with E-state index in [0.717, 1.165) is 22.9 Å². The van der Waals surface area contributed by atoms with Crippen molar-refractivity contribution in [1.82, 2.24) is 4.98 Å². The van der Waals surface area contributed by atoms with E-state index in [2.05, 4.69) is 10.3 Å². The Morgan fingerprint density at radius 2 is 1.77 bits per heavy atom. The molecule has 7 nitrogen and oxygen atoms in total. The summed E-state index contributed by atoms with van der Waals surface area (Å²) in [7, 11) is 0. The van der Waals surface area contributed by atoms with E-state index in [1.807, 2.05) is 37.3 Å². The molecule has 0 saturated heterocycles. The van der Waals surface area contributed by atoms with Crippen LogP contribution < -0.4 is 5.32 Å². The fourth-order valence-corrected chi connectivity index (χ4v) is 2.77. The van der Waals surface area contributed by atoms with E-state index in [1.54, 1.807) is 36.5 Å². The Hall–Kier alpha value is -4.00. The first kappa shape index (κ1) is 21.7. The van der Waals surface area contributed by atoms with Crippen molar-refractivity contribution < 1.29 is 23.9 Å². The van der Waals surface area contributed by atoms with Gasteiger partial charge in [-0.3, -0.25) is 9.78 Å². The second-order valence-corrected chi connectivity index (χ2v) is 6.62. The highest BCUT2D eigenvalue weighted by atomic mass is 16.5. The van der Waals surface area contributed by atoms with Gasteiger partial charge in [0.2, 0.25) is 0 Å². The molecule has 0 spiro atoms. The maximum absolute atomic E-state index is 12.0. The Bertz CT molecular complexity index is 1100. The van der Waals surface area contributed by atoms with Gasteiger partial charge in [-0.05, 0) is 42.8 Å². The molecule has 0 saturated carbocycles. The second kappa shape index (κ2) is 10.7. The van der Waals surface area contributed by atoms with Gasteiger partial charge in [0.05, 0.1) is 17.7 Å². The fraction of sp³-hybridized carbons (Fsp3) is 0.167. The zero-order valence-electron chi connectivity index (χ0n) is 17.0. The molecule has 7 heteroatoms. The van der Waals surface area contributed by atoms with Gasteiger partial charge in [0, 0.05) is 28.9 Å². The maximum atomic E-state index is 12.0. The van der Waals surface area contributed by atoms with Crippen LogP contribution in [0, 0.1) is 0 Å². The van der Waals surface area contributed by atoms with E-state index < -0.39 is 24.5 Å². The Morgan fingerprint density at radius 3 is 2.55 bits per heavy atom. The van der Waals surface area contributed by atoms with Crippen molar-refractivity contribution in [1.29, 1.82) is 0 Å². The number of fused-ring (bicyclic) bond motifs is 1. The van der Waals surface area contributed by atoms with Crippen molar-refractivity contribution >= 4 is 40.5 Å². The zero-order chi connectivity index (χ0) is 22.1. The third-order valence-corrected chi connectivity index (χ3v) is 4.25. The van der Waals surface area contributed by atoms with Crippen molar-refractivity contribution in [2.24, 2.45) is 0 Å². The van der Waals surface area contributed by atoms with E-state index in [-0.39, 0.29) is 0 Å². The van der Waals surface area contributed by atoms with Crippen LogP contribution in [0.2, 0.25) is 0 Å². The van der Waals surface area contributed by atoms with E-state index >= 15 is 0 Å². The second-order valence-electron chi connectivity index (χ2n) is 6.62. The molecular weight excluding hydrogens is 396 g/mol. The van der Waals surface area contributed by atoms with Crippen molar-refractivity contribution in [3.05, 3.63) is 78.0 Å². The Morgan fingerprint density at radius 1 is 1.00 bits per heavy atom. The average Bonchev–Trinajstić information content (AvgIpc) is 2.80. The number of amides is 1. The van der Waals surface area contributed by atoms with Gasteiger partial charge in [-0.25, -0.2) is 9.59 Å². The summed E-state index contributed by atoms with van der Waals surface area (Å²) in [6, 6.07) is 15.7. The smallest absolute Gasteiger partial charge is 0.338 e. The van der Waals surface area contributed by atoms with Gasteiger partial charge in [-0.1, -0.05) is 31.2 Å². The minimum atomic E-state index is -0.642. The Balaban J connectivity index is 1.49. The van der Waals surface area contributed by atoms with Crippen LogP contribution in [0.25, 0.3) is 17.0 Å². The summed E-state index contributed by atoms with van der Waals surface area (Å²) in [4.78, 5) is 40.1. The van der Waals surface area contributed by atoms with Gasteiger partial charge in [-0.2, -0.15) is 0 Å². The number of ether oxygens (including phenoxy) is 2. The molecule has 0 unspecified atom stereocenters. The number of para-hydroxylation sites is 1.